The molecule has 0 unspecified atom stereocenters. The number of amides is 1. The van der Waals surface area contributed by atoms with Crippen LogP contribution in [0.2, 0.25) is 5.02 Å². The molecule has 0 fully saturated rings. The Morgan fingerprint density at radius 3 is 2.59 bits per heavy atom. The molecule has 0 heterocycles. The van der Waals surface area contributed by atoms with Crippen LogP contribution in [0.5, 0.6) is 5.75 Å². The van der Waals surface area contributed by atoms with E-state index in [4.69, 9.17) is 16.7 Å². The summed E-state index contributed by atoms with van der Waals surface area (Å²) < 4.78 is 0. The smallest absolute Gasteiger partial charge is 0.323 e. The molecule has 1 aromatic rings. The number of carbonyl (C=O) groups is 2. The number of carboxylic acids is 1. The van der Waals surface area contributed by atoms with E-state index < -0.39 is 12.5 Å². The molecule has 17 heavy (non-hydrogen) atoms. The maximum atomic E-state index is 11.2. The van der Waals surface area contributed by atoms with Gasteiger partial charge in [0.1, 0.15) is 12.3 Å². The topological polar surface area (TPSA) is 77.8 Å². The van der Waals surface area contributed by atoms with Crippen molar-refractivity contribution in [2.24, 2.45) is 0 Å². The molecule has 0 aliphatic heterocycles. The fourth-order valence-electron chi connectivity index (χ4n) is 1.33. The number of phenolic OH excluding ortho intramolecular Hbond substituents is 1. The van der Waals surface area contributed by atoms with Gasteiger partial charge in [-0.25, -0.2) is 0 Å². The number of hydrogen-bond acceptors (Lipinski definition) is 3. The minimum Gasteiger partial charge on any atom is -0.508 e. The monoisotopic (exact) mass is 257 g/mol. The van der Waals surface area contributed by atoms with Crippen LogP contribution in [0, 0.1) is 0 Å². The molecule has 92 valence electrons. The Morgan fingerprint density at radius 2 is 2.06 bits per heavy atom. The number of aliphatic carboxylic acids is 1. The Morgan fingerprint density at radius 1 is 1.41 bits per heavy atom. The van der Waals surface area contributed by atoms with Gasteiger partial charge in [-0.2, -0.15) is 0 Å². The number of rotatable bonds is 4. The molecule has 0 radical (unpaired) electrons. The maximum absolute atomic E-state index is 11.2. The molecule has 0 aromatic heterocycles. The molecule has 1 amide bonds. The van der Waals surface area contributed by atoms with Gasteiger partial charge in [-0.3, -0.25) is 9.59 Å². The number of carbonyl (C=O) groups excluding carboxylic acids is 1. The van der Waals surface area contributed by atoms with E-state index in [0.717, 1.165) is 4.90 Å². The van der Waals surface area contributed by atoms with E-state index in [2.05, 4.69) is 0 Å². The van der Waals surface area contributed by atoms with E-state index in [1.165, 1.54) is 25.1 Å². The molecule has 2 N–H and O–H groups in total. The SMILES string of the molecule is CC(=O)N(CC(=O)O)Cc1cc(Cl)ccc1O. The molecule has 0 bridgehead atoms. The number of carboxylic acid groups (broad SMARTS) is 1. The zero-order chi connectivity index (χ0) is 13.0. The van der Waals surface area contributed by atoms with Gasteiger partial charge in [0.15, 0.2) is 0 Å². The van der Waals surface area contributed by atoms with Crippen LogP contribution in [-0.2, 0) is 16.1 Å². The number of phenols is 1. The zero-order valence-electron chi connectivity index (χ0n) is 9.18. The lowest BCUT2D eigenvalue weighted by atomic mass is 10.2. The number of halogens is 1. The first-order chi connectivity index (χ1) is 7.90. The van der Waals surface area contributed by atoms with Gasteiger partial charge in [0, 0.05) is 24.1 Å². The Kier molecular flexibility index (Phi) is 4.34. The van der Waals surface area contributed by atoms with Crippen molar-refractivity contribution < 1.29 is 19.8 Å². The standard InChI is InChI=1S/C11H12ClNO4/c1-7(14)13(6-11(16)17)5-8-4-9(12)2-3-10(8)15/h2-4,15H,5-6H2,1H3,(H,16,17). The molecule has 1 rings (SSSR count). The average Bonchev–Trinajstić information content (AvgIpc) is 2.21. The second-order valence-electron chi connectivity index (χ2n) is 3.54. The normalized spacial score (nSPS) is 10.0. The fraction of sp³-hybridized carbons (Fsp3) is 0.273. The van der Waals surface area contributed by atoms with Gasteiger partial charge in [0.2, 0.25) is 5.91 Å². The lowest BCUT2D eigenvalue weighted by Gasteiger charge is -2.19. The Bertz CT molecular complexity index is 447. The molecule has 0 saturated heterocycles. The molecule has 0 aliphatic carbocycles. The summed E-state index contributed by atoms with van der Waals surface area (Å²) in [5, 5.41) is 18.6. The highest BCUT2D eigenvalue weighted by Crippen LogP contribution is 2.22. The van der Waals surface area contributed by atoms with E-state index in [1.54, 1.807) is 0 Å². The molecule has 0 aliphatic rings. The van der Waals surface area contributed by atoms with Crippen molar-refractivity contribution in [3.8, 4) is 5.75 Å². The first kappa shape index (κ1) is 13.3. The van der Waals surface area contributed by atoms with Crippen molar-refractivity contribution in [2.75, 3.05) is 6.54 Å². The van der Waals surface area contributed by atoms with Gasteiger partial charge in [0.05, 0.1) is 0 Å². The van der Waals surface area contributed by atoms with Gasteiger partial charge in [-0.1, -0.05) is 11.6 Å². The van der Waals surface area contributed by atoms with E-state index in [1.807, 2.05) is 0 Å². The maximum Gasteiger partial charge on any atom is 0.323 e. The summed E-state index contributed by atoms with van der Waals surface area (Å²) in [6.45, 7) is 0.861. The van der Waals surface area contributed by atoms with E-state index in [0.29, 0.717) is 10.6 Å². The van der Waals surface area contributed by atoms with Gasteiger partial charge in [0.25, 0.3) is 0 Å². The van der Waals surface area contributed by atoms with Crippen molar-refractivity contribution in [1.82, 2.24) is 4.90 Å². The third kappa shape index (κ3) is 3.96. The Balaban J connectivity index is 2.89. The molecular weight excluding hydrogens is 246 g/mol. The molecule has 0 spiro atoms. The lowest BCUT2D eigenvalue weighted by molar-refractivity contribution is -0.144. The van der Waals surface area contributed by atoms with Crippen molar-refractivity contribution in [3.63, 3.8) is 0 Å². The molecule has 0 atom stereocenters. The number of nitrogens with zero attached hydrogens (tertiary/aromatic N) is 1. The molecule has 6 heteroatoms. The first-order valence-electron chi connectivity index (χ1n) is 4.85. The van der Waals surface area contributed by atoms with Crippen molar-refractivity contribution in [1.29, 1.82) is 0 Å². The predicted molar refractivity (Wildman–Crippen MR) is 61.8 cm³/mol. The quantitative estimate of drug-likeness (QED) is 0.856. The van der Waals surface area contributed by atoms with Crippen LogP contribution in [-0.4, -0.2) is 33.5 Å². The third-order valence-electron chi connectivity index (χ3n) is 2.17. The lowest BCUT2D eigenvalue weighted by Crippen LogP contribution is -2.33. The summed E-state index contributed by atoms with van der Waals surface area (Å²) in [6, 6.07) is 4.40. The predicted octanol–water partition coefficient (Wildman–Crippen LogP) is 1.48. The summed E-state index contributed by atoms with van der Waals surface area (Å²) in [5.74, 6) is -1.51. The van der Waals surface area contributed by atoms with Gasteiger partial charge >= 0.3 is 5.97 Å². The summed E-state index contributed by atoms with van der Waals surface area (Å²) in [5.41, 5.74) is 0.411. The highest BCUT2D eigenvalue weighted by molar-refractivity contribution is 6.30. The Hall–Kier alpha value is -1.75. The number of hydrogen-bond donors (Lipinski definition) is 2. The minimum atomic E-state index is -1.11. The fourth-order valence-corrected chi connectivity index (χ4v) is 1.52. The minimum absolute atomic E-state index is 0.00796. The number of aromatic hydroxyl groups is 1. The van der Waals surface area contributed by atoms with Crippen LogP contribution in [0.3, 0.4) is 0 Å². The third-order valence-corrected chi connectivity index (χ3v) is 2.41. The van der Waals surface area contributed by atoms with E-state index in [9.17, 15) is 14.7 Å². The van der Waals surface area contributed by atoms with Crippen LogP contribution in [0.4, 0.5) is 0 Å². The Labute approximate surface area is 103 Å². The van der Waals surface area contributed by atoms with Crippen LogP contribution in [0.25, 0.3) is 0 Å². The highest BCUT2D eigenvalue weighted by atomic mass is 35.5. The molecule has 1 aromatic carbocycles. The summed E-state index contributed by atoms with van der Waals surface area (Å²) in [6.07, 6.45) is 0. The van der Waals surface area contributed by atoms with Crippen LogP contribution in [0.1, 0.15) is 12.5 Å². The molecule has 5 nitrogen and oxygen atoms in total. The van der Waals surface area contributed by atoms with Crippen LogP contribution >= 0.6 is 11.6 Å². The first-order valence-corrected chi connectivity index (χ1v) is 5.22. The van der Waals surface area contributed by atoms with E-state index in [-0.39, 0.29) is 18.2 Å². The summed E-state index contributed by atoms with van der Waals surface area (Å²) in [4.78, 5) is 22.9. The zero-order valence-corrected chi connectivity index (χ0v) is 9.94. The highest BCUT2D eigenvalue weighted by Gasteiger charge is 2.15. The molecular formula is C11H12ClNO4. The van der Waals surface area contributed by atoms with Gasteiger partial charge in [-0.15, -0.1) is 0 Å². The van der Waals surface area contributed by atoms with Crippen molar-refractivity contribution in [2.45, 2.75) is 13.5 Å². The second kappa shape index (κ2) is 5.54. The largest absolute Gasteiger partial charge is 0.508 e. The van der Waals surface area contributed by atoms with Crippen molar-refractivity contribution >= 4 is 23.5 Å². The summed E-state index contributed by atoms with van der Waals surface area (Å²) in [7, 11) is 0. The van der Waals surface area contributed by atoms with Crippen LogP contribution < -0.4 is 0 Å². The second-order valence-corrected chi connectivity index (χ2v) is 3.98. The number of benzene rings is 1. The summed E-state index contributed by atoms with van der Waals surface area (Å²) >= 11 is 5.75. The average molecular weight is 258 g/mol. The van der Waals surface area contributed by atoms with Gasteiger partial charge in [-0.05, 0) is 18.2 Å². The van der Waals surface area contributed by atoms with Crippen molar-refractivity contribution in [3.05, 3.63) is 28.8 Å². The van der Waals surface area contributed by atoms with Gasteiger partial charge < -0.3 is 15.1 Å². The van der Waals surface area contributed by atoms with Crippen LogP contribution in [0.15, 0.2) is 18.2 Å². The van der Waals surface area contributed by atoms with E-state index >= 15 is 0 Å². The molecule has 0 saturated carbocycles.